The molecule has 2 aromatic rings. The Morgan fingerprint density at radius 3 is 2.50 bits per heavy atom. The third-order valence-electron chi connectivity index (χ3n) is 3.86. The second-order valence-corrected chi connectivity index (χ2v) is 7.91. The Balaban J connectivity index is 2.00. The molecule has 0 aromatic heterocycles. The molecule has 1 unspecified atom stereocenters. The lowest BCUT2D eigenvalue weighted by molar-refractivity contribution is -0.121. The number of carbonyl (C=O) groups excluding carboxylic acids is 1. The predicted octanol–water partition coefficient (Wildman–Crippen LogP) is 2.58. The molecule has 26 heavy (non-hydrogen) atoms. The maximum atomic E-state index is 12.5. The van der Waals surface area contributed by atoms with Gasteiger partial charge in [-0.15, -0.1) is 0 Å². The van der Waals surface area contributed by atoms with E-state index in [2.05, 4.69) is 5.32 Å². The summed E-state index contributed by atoms with van der Waals surface area (Å²) in [6.07, 6.45) is 0. The van der Waals surface area contributed by atoms with Gasteiger partial charge in [-0.3, -0.25) is 4.79 Å². The van der Waals surface area contributed by atoms with Crippen LogP contribution in [0.4, 0.5) is 0 Å². The molecular formula is C19H24N2O4S. The number of likely N-dealkylation sites (N-methyl/N-ethyl adjacent to an activating group) is 1. The van der Waals surface area contributed by atoms with E-state index in [0.29, 0.717) is 6.61 Å². The fraction of sp³-hybridized carbons (Fsp3) is 0.316. The molecular weight excluding hydrogens is 352 g/mol. The van der Waals surface area contributed by atoms with Crippen LogP contribution in [0.3, 0.4) is 0 Å². The SMILES string of the molecule is CCOc1cccc(C(C)NC(=O)CN(C)S(=O)(=O)c2ccccc2)c1. The molecule has 0 radical (unpaired) electrons. The van der Waals surface area contributed by atoms with Crippen LogP contribution in [0.2, 0.25) is 0 Å². The second-order valence-electron chi connectivity index (χ2n) is 5.87. The molecule has 6 nitrogen and oxygen atoms in total. The highest BCUT2D eigenvalue weighted by Gasteiger charge is 2.23. The van der Waals surface area contributed by atoms with Gasteiger partial charge < -0.3 is 10.1 Å². The van der Waals surface area contributed by atoms with Gasteiger partial charge in [0.2, 0.25) is 15.9 Å². The van der Waals surface area contributed by atoms with Gasteiger partial charge in [-0.25, -0.2) is 8.42 Å². The van der Waals surface area contributed by atoms with Gasteiger partial charge in [0.25, 0.3) is 0 Å². The molecule has 0 saturated carbocycles. The monoisotopic (exact) mass is 376 g/mol. The van der Waals surface area contributed by atoms with E-state index < -0.39 is 10.0 Å². The summed E-state index contributed by atoms with van der Waals surface area (Å²) in [6, 6.07) is 15.2. The fourth-order valence-corrected chi connectivity index (χ4v) is 3.62. The first-order valence-electron chi connectivity index (χ1n) is 8.38. The molecule has 0 aliphatic heterocycles. The van der Waals surface area contributed by atoms with E-state index in [1.807, 2.05) is 38.1 Å². The van der Waals surface area contributed by atoms with Gasteiger partial charge in [0.05, 0.1) is 24.1 Å². The van der Waals surface area contributed by atoms with Crippen molar-refractivity contribution in [2.45, 2.75) is 24.8 Å². The van der Waals surface area contributed by atoms with Crippen molar-refractivity contribution in [2.24, 2.45) is 0 Å². The number of rotatable bonds is 8. The van der Waals surface area contributed by atoms with Crippen LogP contribution < -0.4 is 10.1 Å². The molecule has 0 heterocycles. The van der Waals surface area contributed by atoms with Crippen LogP contribution >= 0.6 is 0 Å². The van der Waals surface area contributed by atoms with Crippen LogP contribution in [-0.2, 0) is 14.8 Å². The lowest BCUT2D eigenvalue weighted by Gasteiger charge is -2.19. The number of nitrogens with one attached hydrogen (secondary N) is 1. The minimum atomic E-state index is -3.70. The highest BCUT2D eigenvalue weighted by atomic mass is 32.2. The van der Waals surface area contributed by atoms with Crippen LogP contribution in [0, 0.1) is 0 Å². The van der Waals surface area contributed by atoms with Crippen molar-refractivity contribution in [3.8, 4) is 5.75 Å². The number of hydrogen-bond acceptors (Lipinski definition) is 4. The zero-order valence-electron chi connectivity index (χ0n) is 15.2. The van der Waals surface area contributed by atoms with Crippen molar-refractivity contribution in [3.63, 3.8) is 0 Å². The van der Waals surface area contributed by atoms with Crippen LogP contribution in [0.25, 0.3) is 0 Å². The third kappa shape index (κ3) is 5.06. The number of ether oxygens (including phenoxy) is 1. The Bertz CT molecular complexity index is 838. The molecule has 0 aliphatic rings. The van der Waals surface area contributed by atoms with Crippen molar-refractivity contribution in [1.82, 2.24) is 9.62 Å². The van der Waals surface area contributed by atoms with E-state index in [1.165, 1.54) is 19.2 Å². The quantitative estimate of drug-likeness (QED) is 0.768. The first kappa shape index (κ1) is 19.9. The first-order valence-corrected chi connectivity index (χ1v) is 9.82. The summed E-state index contributed by atoms with van der Waals surface area (Å²) in [7, 11) is -2.30. The largest absolute Gasteiger partial charge is 0.494 e. The summed E-state index contributed by atoms with van der Waals surface area (Å²) in [6.45, 7) is 4.05. The summed E-state index contributed by atoms with van der Waals surface area (Å²) < 4.78 is 31.4. The summed E-state index contributed by atoms with van der Waals surface area (Å²) in [5.74, 6) is 0.358. The summed E-state index contributed by atoms with van der Waals surface area (Å²) in [4.78, 5) is 12.4. The van der Waals surface area contributed by atoms with E-state index in [-0.39, 0.29) is 23.4 Å². The Morgan fingerprint density at radius 1 is 1.15 bits per heavy atom. The van der Waals surface area contributed by atoms with Crippen LogP contribution in [0.15, 0.2) is 59.5 Å². The number of sulfonamides is 1. The minimum Gasteiger partial charge on any atom is -0.494 e. The summed E-state index contributed by atoms with van der Waals surface area (Å²) in [5, 5.41) is 2.82. The van der Waals surface area contributed by atoms with Gasteiger partial charge in [-0.1, -0.05) is 30.3 Å². The van der Waals surface area contributed by atoms with Crippen LogP contribution in [0.5, 0.6) is 5.75 Å². The lowest BCUT2D eigenvalue weighted by atomic mass is 10.1. The molecule has 1 atom stereocenters. The first-order chi connectivity index (χ1) is 12.3. The average molecular weight is 376 g/mol. The minimum absolute atomic E-state index is 0.160. The number of amides is 1. The Hall–Kier alpha value is -2.38. The predicted molar refractivity (Wildman–Crippen MR) is 100 cm³/mol. The van der Waals surface area contributed by atoms with Gasteiger partial charge in [0.1, 0.15) is 5.75 Å². The summed E-state index contributed by atoms with van der Waals surface area (Å²) in [5.41, 5.74) is 0.887. The zero-order valence-corrected chi connectivity index (χ0v) is 16.0. The molecule has 0 fully saturated rings. The third-order valence-corrected chi connectivity index (χ3v) is 5.68. The number of nitrogens with zero attached hydrogens (tertiary/aromatic N) is 1. The zero-order chi connectivity index (χ0) is 19.2. The average Bonchev–Trinajstić information content (AvgIpc) is 2.62. The van der Waals surface area contributed by atoms with Gasteiger partial charge in [-0.2, -0.15) is 4.31 Å². The molecule has 1 amide bonds. The van der Waals surface area contributed by atoms with E-state index in [9.17, 15) is 13.2 Å². The van der Waals surface area contributed by atoms with E-state index in [4.69, 9.17) is 4.74 Å². The molecule has 0 aliphatic carbocycles. The van der Waals surface area contributed by atoms with E-state index in [0.717, 1.165) is 15.6 Å². The number of hydrogen-bond donors (Lipinski definition) is 1. The number of carbonyl (C=O) groups is 1. The molecule has 1 N–H and O–H groups in total. The van der Waals surface area contributed by atoms with Gasteiger partial charge in [0.15, 0.2) is 0 Å². The highest BCUT2D eigenvalue weighted by Crippen LogP contribution is 2.19. The fourth-order valence-electron chi connectivity index (χ4n) is 2.47. The normalized spacial score (nSPS) is 12.6. The van der Waals surface area contributed by atoms with Crippen molar-refractivity contribution < 1.29 is 17.9 Å². The van der Waals surface area contributed by atoms with Gasteiger partial charge >= 0.3 is 0 Å². The maximum absolute atomic E-state index is 12.5. The molecule has 0 spiro atoms. The lowest BCUT2D eigenvalue weighted by Crippen LogP contribution is -2.39. The topological polar surface area (TPSA) is 75.7 Å². The van der Waals surface area contributed by atoms with Gasteiger partial charge in [-0.05, 0) is 43.7 Å². The number of benzene rings is 2. The van der Waals surface area contributed by atoms with Crippen molar-refractivity contribution >= 4 is 15.9 Å². The molecule has 2 aromatic carbocycles. The molecule has 7 heteroatoms. The van der Waals surface area contributed by atoms with Crippen LogP contribution in [0.1, 0.15) is 25.5 Å². The molecule has 140 valence electrons. The molecule has 0 saturated heterocycles. The molecule has 2 rings (SSSR count). The smallest absolute Gasteiger partial charge is 0.243 e. The Kier molecular flexibility index (Phi) is 6.76. The van der Waals surface area contributed by atoms with E-state index in [1.54, 1.807) is 18.2 Å². The second kappa shape index (κ2) is 8.82. The maximum Gasteiger partial charge on any atom is 0.243 e. The Labute approximate surface area is 154 Å². The van der Waals surface area contributed by atoms with Crippen molar-refractivity contribution in [2.75, 3.05) is 20.2 Å². The molecule has 0 bridgehead atoms. The van der Waals surface area contributed by atoms with Gasteiger partial charge in [0, 0.05) is 7.05 Å². The standard InChI is InChI=1S/C19H24N2O4S/c1-4-25-17-10-8-9-16(13-17)15(2)20-19(22)14-21(3)26(23,24)18-11-6-5-7-12-18/h5-13,15H,4,14H2,1-3H3,(H,20,22). The van der Waals surface area contributed by atoms with Crippen molar-refractivity contribution in [1.29, 1.82) is 0 Å². The highest BCUT2D eigenvalue weighted by molar-refractivity contribution is 7.89. The summed E-state index contributed by atoms with van der Waals surface area (Å²) >= 11 is 0. The Morgan fingerprint density at radius 2 is 1.85 bits per heavy atom. The van der Waals surface area contributed by atoms with Crippen molar-refractivity contribution in [3.05, 3.63) is 60.2 Å². The van der Waals surface area contributed by atoms with E-state index >= 15 is 0 Å². The van der Waals surface area contributed by atoms with Crippen LogP contribution in [-0.4, -0.2) is 38.8 Å².